The topological polar surface area (TPSA) is 9.23 Å². The number of hydrogen-bond acceptors (Lipinski definition) is 1. The minimum atomic E-state index is -0.397. The molecule has 0 amide bonds. The van der Waals surface area contributed by atoms with Crippen molar-refractivity contribution in [2.45, 2.75) is 51.0 Å². The fourth-order valence-electron chi connectivity index (χ4n) is 5.60. The second kappa shape index (κ2) is 7.46. The van der Waals surface area contributed by atoms with Crippen LogP contribution in [0.1, 0.15) is 56.6 Å². The van der Waals surface area contributed by atoms with E-state index < -0.39 is 5.60 Å². The van der Waals surface area contributed by atoms with Crippen molar-refractivity contribution in [2.24, 2.45) is 5.92 Å². The van der Waals surface area contributed by atoms with Gasteiger partial charge >= 0.3 is 0 Å². The fourth-order valence-corrected chi connectivity index (χ4v) is 5.60. The number of ether oxygens (including phenoxy) is 1. The molecule has 2 aliphatic carbocycles. The van der Waals surface area contributed by atoms with Crippen LogP contribution in [0.3, 0.4) is 0 Å². The van der Waals surface area contributed by atoms with Crippen LogP contribution in [0, 0.1) is 5.92 Å². The van der Waals surface area contributed by atoms with Crippen LogP contribution in [0.2, 0.25) is 0 Å². The van der Waals surface area contributed by atoms with Crippen molar-refractivity contribution in [2.75, 3.05) is 6.61 Å². The van der Waals surface area contributed by atoms with E-state index in [-0.39, 0.29) is 0 Å². The highest BCUT2D eigenvalue weighted by molar-refractivity contribution is 6.03. The second-order valence-corrected chi connectivity index (χ2v) is 9.04. The van der Waals surface area contributed by atoms with Crippen molar-refractivity contribution >= 4 is 10.8 Å². The molecule has 0 radical (unpaired) electrons. The molecule has 1 atom stereocenters. The maximum absolute atomic E-state index is 6.91. The Balaban J connectivity index is 1.77. The first-order valence-electron chi connectivity index (χ1n) is 11.1. The minimum Gasteiger partial charge on any atom is -0.361 e. The van der Waals surface area contributed by atoms with Crippen LogP contribution < -0.4 is 0 Å². The highest BCUT2D eigenvalue weighted by atomic mass is 16.5. The van der Waals surface area contributed by atoms with Gasteiger partial charge in [0, 0.05) is 0 Å². The highest BCUT2D eigenvalue weighted by Gasteiger charge is 2.43. The lowest BCUT2D eigenvalue weighted by atomic mass is 9.68. The largest absolute Gasteiger partial charge is 0.361 e. The summed E-state index contributed by atoms with van der Waals surface area (Å²) in [6.07, 6.45) is 7.78. The summed E-state index contributed by atoms with van der Waals surface area (Å²) in [5, 5.41) is 2.67. The molecule has 1 nitrogen and oxygen atoms in total. The monoisotopic (exact) mass is 382 g/mol. The van der Waals surface area contributed by atoms with Gasteiger partial charge in [-0.3, -0.25) is 0 Å². The smallest absolute Gasteiger partial charge is 0.120 e. The quantitative estimate of drug-likeness (QED) is 0.412. The molecule has 2 aliphatic rings. The molecule has 3 aromatic carbocycles. The number of hydrogen-bond donors (Lipinski definition) is 0. The zero-order valence-corrected chi connectivity index (χ0v) is 17.4. The first kappa shape index (κ1) is 18.6. The Morgan fingerprint density at radius 2 is 1.59 bits per heavy atom. The molecule has 0 aliphatic heterocycles. The summed E-state index contributed by atoms with van der Waals surface area (Å²) in [7, 11) is 0. The van der Waals surface area contributed by atoms with Crippen LogP contribution in [0.4, 0.5) is 0 Å². The zero-order chi connectivity index (χ0) is 19.8. The van der Waals surface area contributed by atoms with E-state index in [1.54, 1.807) is 0 Å². The third kappa shape index (κ3) is 3.13. The van der Waals surface area contributed by atoms with Crippen molar-refractivity contribution < 1.29 is 4.74 Å². The van der Waals surface area contributed by atoms with E-state index in [9.17, 15) is 0 Å². The lowest BCUT2D eigenvalue weighted by Crippen LogP contribution is -2.37. The third-order valence-electron chi connectivity index (χ3n) is 6.86. The van der Waals surface area contributed by atoms with Crippen molar-refractivity contribution in [3.8, 4) is 11.1 Å². The second-order valence-electron chi connectivity index (χ2n) is 9.04. The van der Waals surface area contributed by atoms with Gasteiger partial charge in [0.15, 0.2) is 0 Å². The van der Waals surface area contributed by atoms with Crippen LogP contribution in [0.15, 0.2) is 72.8 Å². The van der Waals surface area contributed by atoms with E-state index in [1.165, 1.54) is 65.1 Å². The number of rotatable bonds is 5. The Labute approximate surface area is 174 Å². The summed E-state index contributed by atoms with van der Waals surface area (Å²) < 4.78 is 6.91. The Hall–Kier alpha value is -2.38. The molecule has 0 spiro atoms. The van der Waals surface area contributed by atoms with Crippen LogP contribution in [0.5, 0.6) is 0 Å². The molecule has 0 heterocycles. The van der Waals surface area contributed by atoms with Crippen molar-refractivity contribution in [3.63, 3.8) is 0 Å². The van der Waals surface area contributed by atoms with Crippen LogP contribution >= 0.6 is 0 Å². The van der Waals surface area contributed by atoms with E-state index in [0.29, 0.717) is 12.5 Å². The van der Waals surface area contributed by atoms with Gasteiger partial charge in [-0.25, -0.2) is 0 Å². The molecule has 0 aromatic heterocycles. The standard InChI is InChI=1S/C28H30O/c1-20(2)19-29-28(18-21-10-4-3-5-11-21)25-16-7-6-14-23(25)24-15-8-12-22-13-9-17-26(28)27(22)24/h6-9,12-17,21H,1,3-5,10-11,18-19H2,2H3. The average molecular weight is 383 g/mol. The molecule has 0 bridgehead atoms. The van der Waals surface area contributed by atoms with Gasteiger partial charge in [-0.15, -0.1) is 0 Å². The third-order valence-corrected chi connectivity index (χ3v) is 6.86. The first-order valence-corrected chi connectivity index (χ1v) is 11.1. The highest BCUT2D eigenvalue weighted by Crippen LogP contribution is 2.53. The fraction of sp³-hybridized carbons (Fsp3) is 0.357. The van der Waals surface area contributed by atoms with Gasteiger partial charge in [0.05, 0.1) is 6.61 Å². The molecule has 29 heavy (non-hydrogen) atoms. The minimum absolute atomic E-state index is 0.397. The Kier molecular flexibility index (Phi) is 4.80. The van der Waals surface area contributed by atoms with Gasteiger partial charge in [0.2, 0.25) is 0 Å². The van der Waals surface area contributed by atoms with Gasteiger partial charge < -0.3 is 4.74 Å². The van der Waals surface area contributed by atoms with Gasteiger partial charge in [0.1, 0.15) is 5.60 Å². The predicted octanol–water partition coefficient (Wildman–Crippen LogP) is 7.63. The lowest BCUT2D eigenvalue weighted by molar-refractivity contribution is -0.0265. The van der Waals surface area contributed by atoms with Crippen LogP contribution in [0.25, 0.3) is 21.9 Å². The van der Waals surface area contributed by atoms with Crippen molar-refractivity contribution in [3.05, 3.63) is 83.9 Å². The molecule has 1 saturated carbocycles. The zero-order valence-electron chi connectivity index (χ0n) is 17.4. The molecule has 148 valence electrons. The molecule has 0 saturated heterocycles. The van der Waals surface area contributed by atoms with Gasteiger partial charge in [0.25, 0.3) is 0 Å². The lowest BCUT2D eigenvalue weighted by Gasteiger charge is -2.43. The van der Waals surface area contributed by atoms with E-state index in [2.05, 4.69) is 74.2 Å². The molecule has 0 N–H and O–H groups in total. The number of fused-ring (bicyclic) bond motifs is 2. The summed E-state index contributed by atoms with van der Waals surface area (Å²) in [5.74, 6) is 0.711. The van der Waals surface area contributed by atoms with E-state index in [4.69, 9.17) is 4.74 Å². The van der Waals surface area contributed by atoms with E-state index in [1.807, 2.05) is 0 Å². The van der Waals surface area contributed by atoms with Crippen molar-refractivity contribution in [1.82, 2.24) is 0 Å². The van der Waals surface area contributed by atoms with Crippen molar-refractivity contribution in [1.29, 1.82) is 0 Å². The molecular weight excluding hydrogens is 352 g/mol. The van der Waals surface area contributed by atoms with Gasteiger partial charge in [-0.1, -0.05) is 105 Å². The van der Waals surface area contributed by atoms with E-state index in [0.717, 1.165) is 12.0 Å². The van der Waals surface area contributed by atoms with Crippen LogP contribution in [-0.4, -0.2) is 6.61 Å². The SMILES string of the molecule is C=C(C)COC1(CC2CCCCC2)c2ccccc2-c2cccc3cccc1c23. The molecule has 5 rings (SSSR count). The summed E-state index contributed by atoms with van der Waals surface area (Å²) in [5.41, 5.74) is 6.03. The normalized spacial score (nSPS) is 21.1. The summed E-state index contributed by atoms with van der Waals surface area (Å²) in [6.45, 7) is 6.81. The molecule has 3 aromatic rings. The summed E-state index contributed by atoms with van der Waals surface area (Å²) >= 11 is 0. The average Bonchev–Trinajstić information content (AvgIpc) is 2.76. The summed E-state index contributed by atoms with van der Waals surface area (Å²) in [4.78, 5) is 0. The van der Waals surface area contributed by atoms with Crippen LogP contribution in [-0.2, 0) is 10.3 Å². The predicted molar refractivity (Wildman–Crippen MR) is 122 cm³/mol. The molecule has 1 fully saturated rings. The Morgan fingerprint density at radius 1 is 0.897 bits per heavy atom. The molecular formula is C28H30O. The van der Waals surface area contributed by atoms with Gasteiger partial charge in [-0.2, -0.15) is 0 Å². The van der Waals surface area contributed by atoms with Gasteiger partial charge in [-0.05, 0) is 52.3 Å². The summed E-state index contributed by atoms with van der Waals surface area (Å²) in [6, 6.07) is 22.3. The first-order chi connectivity index (χ1) is 14.2. The molecule has 1 heteroatoms. The Bertz CT molecular complexity index is 1050. The number of benzene rings is 3. The maximum Gasteiger partial charge on any atom is 0.120 e. The molecule has 1 unspecified atom stereocenters. The van der Waals surface area contributed by atoms with E-state index >= 15 is 0 Å². The Morgan fingerprint density at radius 3 is 2.38 bits per heavy atom. The maximum atomic E-state index is 6.91.